The number of nitrogens with one attached hydrogen (secondary N) is 1. The minimum absolute atomic E-state index is 0.0496. The lowest BCUT2D eigenvalue weighted by atomic mass is 9.95. The Morgan fingerprint density at radius 2 is 2.11 bits per heavy atom. The van der Waals surface area contributed by atoms with E-state index in [0.717, 1.165) is 10.2 Å². The van der Waals surface area contributed by atoms with Gasteiger partial charge in [-0.05, 0) is 6.07 Å². The van der Waals surface area contributed by atoms with Gasteiger partial charge in [0.1, 0.15) is 11.3 Å². The Labute approximate surface area is 115 Å². The maximum Gasteiger partial charge on any atom is 0.229 e. The van der Waals surface area contributed by atoms with Gasteiger partial charge >= 0.3 is 0 Å². The highest BCUT2D eigenvalue weighted by molar-refractivity contribution is 7.22. The number of benzene rings is 1. The summed E-state index contributed by atoms with van der Waals surface area (Å²) in [7, 11) is 1.57. The molecule has 0 spiro atoms. The predicted octanol–water partition coefficient (Wildman–Crippen LogP) is 2.87. The highest BCUT2D eigenvalue weighted by Gasteiger charge is 2.22. The molecule has 0 bridgehead atoms. The number of hydrogen-bond donors (Lipinski definition) is 2. The van der Waals surface area contributed by atoms with E-state index in [2.05, 4.69) is 10.3 Å². The minimum Gasteiger partial charge on any atom is -0.494 e. The normalized spacial score (nSPS) is 11.6. The fourth-order valence-corrected chi connectivity index (χ4v) is 2.35. The molecule has 5 nitrogen and oxygen atoms in total. The Kier molecular flexibility index (Phi) is 3.36. The fourth-order valence-electron chi connectivity index (χ4n) is 1.56. The minimum atomic E-state index is -0.449. The molecule has 1 aromatic carbocycles. The van der Waals surface area contributed by atoms with Crippen LogP contribution in [0.3, 0.4) is 0 Å². The number of hydrogen-bond acceptors (Lipinski definition) is 5. The van der Waals surface area contributed by atoms with Crippen LogP contribution in [0.15, 0.2) is 12.1 Å². The molecule has 1 heterocycles. The van der Waals surface area contributed by atoms with E-state index in [4.69, 9.17) is 10.5 Å². The summed E-state index contributed by atoms with van der Waals surface area (Å²) in [6.07, 6.45) is 0. The number of nitrogens with zero attached hydrogens (tertiary/aromatic N) is 1. The molecule has 0 saturated carbocycles. The lowest BCUT2D eigenvalue weighted by Crippen LogP contribution is -2.27. The van der Waals surface area contributed by atoms with Gasteiger partial charge in [-0.3, -0.25) is 4.79 Å². The summed E-state index contributed by atoms with van der Waals surface area (Å²) < 4.78 is 6.18. The Morgan fingerprint density at radius 3 is 2.68 bits per heavy atom. The first-order valence-corrected chi connectivity index (χ1v) is 6.68. The number of methoxy groups -OCH3 is 1. The van der Waals surface area contributed by atoms with Crippen molar-refractivity contribution >= 4 is 38.3 Å². The van der Waals surface area contributed by atoms with Gasteiger partial charge < -0.3 is 15.8 Å². The number of carbonyl (C=O) groups excluding carboxylic acids is 1. The second-order valence-corrected chi connectivity index (χ2v) is 6.34. The number of carbonyl (C=O) groups is 1. The molecule has 0 atom stereocenters. The SMILES string of the molecule is COc1cc(NC(=O)C(C)(C)C)cc2sc(N)nc12. The molecule has 0 saturated heterocycles. The molecule has 6 heteroatoms. The second kappa shape index (κ2) is 4.70. The number of nitrogens with two attached hydrogens (primary N) is 1. The summed E-state index contributed by atoms with van der Waals surface area (Å²) in [6.45, 7) is 5.59. The molecule has 0 unspecified atom stereocenters. The van der Waals surface area contributed by atoms with E-state index in [-0.39, 0.29) is 5.91 Å². The molecule has 1 amide bonds. The molecule has 2 aromatic rings. The largest absolute Gasteiger partial charge is 0.494 e. The first-order valence-electron chi connectivity index (χ1n) is 5.87. The van der Waals surface area contributed by atoms with Crippen LogP contribution in [-0.4, -0.2) is 18.0 Å². The Bertz CT molecular complexity index is 629. The highest BCUT2D eigenvalue weighted by atomic mass is 32.1. The van der Waals surface area contributed by atoms with Crippen LogP contribution in [0.4, 0.5) is 10.8 Å². The van der Waals surface area contributed by atoms with E-state index in [0.29, 0.717) is 16.6 Å². The molecule has 0 fully saturated rings. The molecule has 2 rings (SSSR count). The molecule has 102 valence electrons. The molecule has 1 aromatic heterocycles. The lowest BCUT2D eigenvalue weighted by molar-refractivity contribution is -0.123. The van der Waals surface area contributed by atoms with Crippen molar-refractivity contribution in [1.82, 2.24) is 4.98 Å². The summed E-state index contributed by atoms with van der Waals surface area (Å²) in [5.41, 5.74) is 6.66. The van der Waals surface area contributed by atoms with Crippen LogP contribution < -0.4 is 15.8 Å². The van der Waals surface area contributed by atoms with Crippen molar-refractivity contribution < 1.29 is 9.53 Å². The highest BCUT2D eigenvalue weighted by Crippen LogP contribution is 2.34. The standard InChI is InChI=1S/C13H17N3O2S/c1-13(2,3)11(17)15-7-5-8(18-4)10-9(6-7)19-12(14)16-10/h5-6H,1-4H3,(H2,14,16)(H,15,17). The van der Waals surface area contributed by atoms with Crippen molar-refractivity contribution in [2.24, 2.45) is 5.41 Å². The molecule has 3 N–H and O–H groups in total. The van der Waals surface area contributed by atoms with Crippen molar-refractivity contribution in [2.45, 2.75) is 20.8 Å². The fraction of sp³-hybridized carbons (Fsp3) is 0.385. The van der Waals surface area contributed by atoms with Gasteiger partial charge in [0.25, 0.3) is 0 Å². The average molecular weight is 279 g/mol. The van der Waals surface area contributed by atoms with Gasteiger partial charge in [-0.1, -0.05) is 32.1 Å². The summed E-state index contributed by atoms with van der Waals surface area (Å²) in [6, 6.07) is 3.61. The Balaban J connectivity index is 2.42. The number of aromatic nitrogens is 1. The average Bonchev–Trinajstić information content (AvgIpc) is 2.66. The van der Waals surface area contributed by atoms with Crippen LogP contribution in [0.25, 0.3) is 10.2 Å². The van der Waals surface area contributed by atoms with E-state index >= 15 is 0 Å². The number of anilines is 2. The van der Waals surface area contributed by atoms with Gasteiger partial charge in [0.15, 0.2) is 5.13 Å². The summed E-state index contributed by atoms with van der Waals surface area (Å²) in [5.74, 6) is 0.557. The molecule has 0 aliphatic carbocycles. The summed E-state index contributed by atoms with van der Waals surface area (Å²) >= 11 is 1.37. The number of fused-ring (bicyclic) bond motifs is 1. The van der Waals surface area contributed by atoms with E-state index in [1.807, 2.05) is 26.8 Å². The van der Waals surface area contributed by atoms with Crippen molar-refractivity contribution in [2.75, 3.05) is 18.2 Å². The van der Waals surface area contributed by atoms with Crippen molar-refractivity contribution in [3.05, 3.63) is 12.1 Å². The van der Waals surface area contributed by atoms with Crippen LogP contribution in [0.1, 0.15) is 20.8 Å². The second-order valence-electron chi connectivity index (χ2n) is 5.28. The number of ether oxygens (including phenoxy) is 1. The van der Waals surface area contributed by atoms with Crippen LogP contribution in [0.2, 0.25) is 0 Å². The Hall–Kier alpha value is -1.82. The first kappa shape index (κ1) is 13.6. The van der Waals surface area contributed by atoms with Crippen LogP contribution in [0, 0.1) is 5.41 Å². The third kappa shape index (κ3) is 2.78. The number of amides is 1. The van der Waals surface area contributed by atoms with Gasteiger partial charge in [-0.15, -0.1) is 0 Å². The monoisotopic (exact) mass is 279 g/mol. The van der Waals surface area contributed by atoms with E-state index in [1.165, 1.54) is 11.3 Å². The third-order valence-electron chi connectivity index (χ3n) is 2.64. The van der Waals surface area contributed by atoms with Gasteiger partial charge in [0.2, 0.25) is 5.91 Å². The molecular formula is C13H17N3O2S. The number of rotatable bonds is 2. The van der Waals surface area contributed by atoms with Gasteiger partial charge in [-0.25, -0.2) is 4.98 Å². The van der Waals surface area contributed by atoms with E-state index in [9.17, 15) is 4.79 Å². The van der Waals surface area contributed by atoms with Gasteiger partial charge in [0, 0.05) is 17.2 Å². The molecule has 0 aliphatic rings. The molecule has 0 radical (unpaired) electrons. The van der Waals surface area contributed by atoms with Crippen molar-refractivity contribution in [3.63, 3.8) is 0 Å². The zero-order valence-corrected chi connectivity index (χ0v) is 12.2. The maximum absolute atomic E-state index is 12.0. The number of thiazole rings is 1. The Morgan fingerprint density at radius 1 is 1.42 bits per heavy atom. The number of nitrogen functional groups attached to an aromatic ring is 1. The summed E-state index contributed by atoms with van der Waals surface area (Å²) in [5, 5.41) is 3.36. The first-order chi connectivity index (χ1) is 8.81. The van der Waals surface area contributed by atoms with E-state index in [1.54, 1.807) is 13.2 Å². The summed E-state index contributed by atoms with van der Waals surface area (Å²) in [4.78, 5) is 16.2. The van der Waals surface area contributed by atoms with Crippen LogP contribution in [-0.2, 0) is 4.79 Å². The molecule has 19 heavy (non-hydrogen) atoms. The molecule has 0 aliphatic heterocycles. The zero-order chi connectivity index (χ0) is 14.2. The van der Waals surface area contributed by atoms with Gasteiger partial charge in [-0.2, -0.15) is 0 Å². The van der Waals surface area contributed by atoms with Crippen molar-refractivity contribution in [1.29, 1.82) is 0 Å². The smallest absolute Gasteiger partial charge is 0.229 e. The van der Waals surface area contributed by atoms with Crippen LogP contribution >= 0.6 is 11.3 Å². The van der Waals surface area contributed by atoms with E-state index < -0.39 is 5.41 Å². The van der Waals surface area contributed by atoms with Gasteiger partial charge in [0.05, 0.1) is 11.8 Å². The maximum atomic E-state index is 12.0. The quantitative estimate of drug-likeness (QED) is 0.886. The van der Waals surface area contributed by atoms with Crippen LogP contribution in [0.5, 0.6) is 5.75 Å². The topological polar surface area (TPSA) is 77.2 Å². The molecular weight excluding hydrogens is 262 g/mol. The zero-order valence-electron chi connectivity index (χ0n) is 11.4. The predicted molar refractivity (Wildman–Crippen MR) is 78.7 cm³/mol. The van der Waals surface area contributed by atoms with Crippen molar-refractivity contribution in [3.8, 4) is 5.75 Å². The third-order valence-corrected chi connectivity index (χ3v) is 3.47. The lowest BCUT2D eigenvalue weighted by Gasteiger charge is -2.18.